The van der Waals surface area contributed by atoms with Crippen LogP contribution in [0.15, 0.2) is 0 Å². The monoisotopic (exact) mass is 149 g/mol. The van der Waals surface area contributed by atoms with E-state index in [4.69, 9.17) is 0 Å². The molecule has 0 aromatic heterocycles. The minimum absolute atomic E-state index is 0. The molecule has 1 amide bonds. The molecule has 0 aliphatic carbocycles. The van der Waals surface area contributed by atoms with Crippen LogP contribution in [0.5, 0.6) is 0 Å². The lowest BCUT2D eigenvalue weighted by molar-refractivity contribution is -0.127. The molecule has 1 aliphatic heterocycles. The Morgan fingerprint density at radius 1 is 1.33 bits per heavy atom. The lowest BCUT2D eigenvalue weighted by atomic mass is 10.4. The van der Waals surface area contributed by atoms with Crippen LogP contribution in [-0.4, -0.2) is 23.9 Å². The highest BCUT2D eigenvalue weighted by atomic mass is 35.5. The third-order valence-electron chi connectivity index (χ3n) is 1.55. The predicted octanol–water partition coefficient (Wildman–Crippen LogP) is 1.05. The van der Waals surface area contributed by atoms with Gasteiger partial charge in [-0.1, -0.05) is 0 Å². The molecule has 0 bridgehead atoms. The number of hydrogen-bond acceptors (Lipinski definition) is 1. The first-order valence-corrected chi connectivity index (χ1v) is 3.06. The molecule has 3 heteroatoms. The Kier molecular flexibility index (Phi) is 3.62. The van der Waals surface area contributed by atoms with Gasteiger partial charge < -0.3 is 4.90 Å². The van der Waals surface area contributed by atoms with E-state index in [1.165, 1.54) is 12.8 Å². The summed E-state index contributed by atoms with van der Waals surface area (Å²) < 4.78 is 0. The number of likely N-dealkylation sites (tertiary alicyclic amines) is 1. The van der Waals surface area contributed by atoms with E-state index in [0.29, 0.717) is 0 Å². The molecule has 0 N–H and O–H groups in total. The fraction of sp³-hybridized carbons (Fsp3) is 0.833. The van der Waals surface area contributed by atoms with Crippen LogP contribution in [0, 0.1) is 0 Å². The first kappa shape index (κ1) is 8.76. The van der Waals surface area contributed by atoms with Gasteiger partial charge in [0.25, 0.3) is 0 Å². The summed E-state index contributed by atoms with van der Waals surface area (Å²) in [5.41, 5.74) is 0. The molecule has 1 heterocycles. The number of rotatable bonds is 0. The van der Waals surface area contributed by atoms with Gasteiger partial charge in [-0.15, -0.1) is 12.4 Å². The summed E-state index contributed by atoms with van der Waals surface area (Å²) in [6, 6.07) is 0. The number of halogens is 1. The maximum Gasteiger partial charge on any atom is 0.219 e. The van der Waals surface area contributed by atoms with Crippen molar-refractivity contribution in [2.24, 2.45) is 0 Å². The van der Waals surface area contributed by atoms with Crippen LogP contribution < -0.4 is 0 Å². The lowest BCUT2D eigenvalue weighted by Crippen LogP contribution is -2.24. The van der Waals surface area contributed by atoms with E-state index >= 15 is 0 Å². The van der Waals surface area contributed by atoms with Crippen molar-refractivity contribution in [1.29, 1.82) is 0 Å². The summed E-state index contributed by atoms with van der Waals surface area (Å²) in [6.45, 7) is 3.59. The van der Waals surface area contributed by atoms with Crippen LogP contribution >= 0.6 is 12.4 Å². The zero-order valence-corrected chi connectivity index (χ0v) is 6.41. The van der Waals surface area contributed by atoms with Gasteiger partial charge >= 0.3 is 0 Å². The van der Waals surface area contributed by atoms with E-state index in [1.54, 1.807) is 6.92 Å². The predicted molar refractivity (Wildman–Crippen MR) is 38.7 cm³/mol. The highest BCUT2D eigenvalue weighted by molar-refractivity contribution is 5.85. The van der Waals surface area contributed by atoms with Crippen molar-refractivity contribution in [2.45, 2.75) is 19.8 Å². The van der Waals surface area contributed by atoms with Gasteiger partial charge in [0.1, 0.15) is 0 Å². The normalized spacial score (nSPS) is 17.2. The van der Waals surface area contributed by atoms with Crippen molar-refractivity contribution in [2.75, 3.05) is 13.1 Å². The third-order valence-corrected chi connectivity index (χ3v) is 1.55. The molecule has 0 radical (unpaired) electrons. The van der Waals surface area contributed by atoms with Crippen LogP contribution in [-0.2, 0) is 4.79 Å². The average molecular weight is 150 g/mol. The fourth-order valence-corrected chi connectivity index (χ4v) is 1.03. The molecule has 0 atom stereocenters. The molecule has 1 aliphatic rings. The number of nitrogens with zero attached hydrogens (tertiary/aromatic N) is 1. The smallest absolute Gasteiger partial charge is 0.219 e. The van der Waals surface area contributed by atoms with E-state index in [2.05, 4.69) is 0 Å². The van der Waals surface area contributed by atoms with Gasteiger partial charge in [0.15, 0.2) is 0 Å². The van der Waals surface area contributed by atoms with Gasteiger partial charge in [0.2, 0.25) is 5.91 Å². The molecule has 0 spiro atoms. The molecule has 0 unspecified atom stereocenters. The third kappa shape index (κ3) is 2.22. The number of amides is 1. The van der Waals surface area contributed by atoms with Crippen molar-refractivity contribution < 1.29 is 4.79 Å². The first-order valence-electron chi connectivity index (χ1n) is 3.06. The Hall–Kier alpha value is -0.240. The summed E-state index contributed by atoms with van der Waals surface area (Å²) in [7, 11) is 0. The van der Waals surface area contributed by atoms with E-state index in [9.17, 15) is 4.79 Å². The molecule has 1 fully saturated rings. The molecule has 54 valence electrons. The van der Waals surface area contributed by atoms with Crippen molar-refractivity contribution >= 4 is 18.3 Å². The molecular formula is C6H12ClNO. The average Bonchev–Trinajstić information content (AvgIpc) is 2.12. The first-order chi connectivity index (χ1) is 3.80. The van der Waals surface area contributed by atoms with Gasteiger partial charge in [-0.2, -0.15) is 0 Å². The summed E-state index contributed by atoms with van der Waals surface area (Å²) >= 11 is 0. The zero-order chi connectivity index (χ0) is 5.98. The summed E-state index contributed by atoms with van der Waals surface area (Å²) in [4.78, 5) is 12.5. The number of carbonyl (C=O) groups is 1. The second-order valence-electron chi connectivity index (χ2n) is 2.21. The molecule has 2 nitrogen and oxygen atoms in total. The molecular weight excluding hydrogens is 138 g/mol. The largest absolute Gasteiger partial charge is 0.343 e. The van der Waals surface area contributed by atoms with Crippen LogP contribution in [0.1, 0.15) is 19.8 Å². The summed E-state index contributed by atoms with van der Waals surface area (Å²) in [5, 5.41) is 0. The highest BCUT2D eigenvalue weighted by Gasteiger charge is 2.12. The van der Waals surface area contributed by atoms with Crippen LogP contribution in [0.2, 0.25) is 0 Å². The summed E-state index contributed by atoms with van der Waals surface area (Å²) in [6.07, 6.45) is 2.39. The van der Waals surface area contributed by atoms with Gasteiger partial charge in [-0.3, -0.25) is 4.79 Å². The second kappa shape index (κ2) is 3.72. The number of carbonyl (C=O) groups excluding carboxylic acids is 1. The molecule has 0 aromatic carbocycles. The van der Waals surface area contributed by atoms with E-state index < -0.39 is 0 Å². The Bertz CT molecular complexity index is 99.2. The topological polar surface area (TPSA) is 20.3 Å². The van der Waals surface area contributed by atoms with Crippen molar-refractivity contribution in [1.82, 2.24) is 4.90 Å². The molecule has 0 aromatic rings. The second-order valence-corrected chi connectivity index (χ2v) is 2.21. The Labute approximate surface area is 61.6 Å². The van der Waals surface area contributed by atoms with Gasteiger partial charge in [0.05, 0.1) is 0 Å². The van der Waals surface area contributed by atoms with E-state index in [0.717, 1.165) is 13.1 Å². The van der Waals surface area contributed by atoms with Crippen molar-refractivity contribution in [3.63, 3.8) is 0 Å². The Balaban J connectivity index is 0.000000640. The van der Waals surface area contributed by atoms with E-state index in [-0.39, 0.29) is 18.3 Å². The maximum atomic E-state index is 10.6. The Morgan fingerprint density at radius 2 is 1.78 bits per heavy atom. The standard InChI is InChI=1S/C6H11NO.ClH/c1-6(8)7-4-2-3-5-7;/h2-5H2,1H3;1H. The number of hydrogen-bond donors (Lipinski definition) is 0. The minimum Gasteiger partial charge on any atom is -0.343 e. The Morgan fingerprint density at radius 3 is 2.00 bits per heavy atom. The van der Waals surface area contributed by atoms with E-state index in [1.807, 2.05) is 4.90 Å². The quantitative estimate of drug-likeness (QED) is 0.504. The van der Waals surface area contributed by atoms with Crippen molar-refractivity contribution in [3.8, 4) is 0 Å². The maximum absolute atomic E-state index is 10.6. The molecule has 9 heavy (non-hydrogen) atoms. The zero-order valence-electron chi connectivity index (χ0n) is 5.59. The minimum atomic E-state index is 0. The SMILES string of the molecule is CC(=O)N1CCCC1.Cl. The highest BCUT2D eigenvalue weighted by Crippen LogP contribution is 2.05. The molecule has 0 saturated carbocycles. The van der Waals surface area contributed by atoms with Gasteiger partial charge in [-0.05, 0) is 12.8 Å². The van der Waals surface area contributed by atoms with Crippen molar-refractivity contribution in [3.05, 3.63) is 0 Å². The molecule has 1 saturated heterocycles. The van der Waals surface area contributed by atoms with Gasteiger partial charge in [0, 0.05) is 20.0 Å². The van der Waals surface area contributed by atoms with Crippen LogP contribution in [0.25, 0.3) is 0 Å². The fourth-order valence-electron chi connectivity index (χ4n) is 1.03. The summed E-state index contributed by atoms with van der Waals surface area (Å²) in [5.74, 6) is 0.225. The lowest BCUT2D eigenvalue weighted by Gasteiger charge is -2.10. The molecule has 1 rings (SSSR count). The van der Waals surface area contributed by atoms with Gasteiger partial charge in [-0.25, -0.2) is 0 Å². The van der Waals surface area contributed by atoms with Crippen LogP contribution in [0.3, 0.4) is 0 Å². The van der Waals surface area contributed by atoms with Crippen LogP contribution in [0.4, 0.5) is 0 Å².